The number of carboxylic acid groups (broad SMARTS) is 1. The van der Waals surface area contributed by atoms with Gasteiger partial charge in [-0.05, 0) is 77.7 Å². The van der Waals surface area contributed by atoms with Gasteiger partial charge in [0.25, 0.3) is 0 Å². The molecule has 308 valence electrons. The largest absolute Gasteiger partial charge is 0.550 e. The van der Waals surface area contributed by atoms with Crippen LogP contribution >= 0.6 is 11.3 Å². The Hall–Kier alpha value is -1.69. The maximum absolute atomic E-state index is 12.9. The predicted molar refractivity (Wildman–Crippen MR) is 218 cm³/mol. The lowest BCUT2D eigenvalue weighted by Gasteiger charge is -2.39. The van der Waals surface area contributed by atoms with Crippen LogP contribution in [0.2, 0.25) is 0 Å². The smallest absolute Gasteiger partial charge is 0.146 e. The first-order chi connectivity index (χ1) is 24.8. The number of Topliss-reactive ketones (excluding diaryl/α,β-unsaturated/α-hetero) is 1. The van der Waals surface area contributed by atoms with Gasteiger partial charge in [-0.2, -0.15) is 0 Å². The number of carboxylic acids is 1. The molecule has 9 nitrogen and oxygen atoms in total. The van der Waals surface area contributed by atoms with E-state index in [1.54, 1.807) is 18.3 Å². The highest BCUT2D eigenvalue weighted by Crippen LogP contribution is 2.44. The maximum Gasteiger partial charge on any atom is 0.146 e. The molecular formula is C43H79N3O6S. The van der Waals surface area contributed by atoms with Crippen LogP contribution in [0.3, 0.4) is 0 Å². The minimum absolute atomic E-state index is 0.0831. The van der Waals surface area contributed by atoms with Crippen LogP contribution in [-0.2, 0) is 14.3 Å². The number of epoxide rings is 1. The van der Waals surface area contributed by atoms with Crippen molar-refractivity contribution in [2.24, 2.45) is 23.0 Å². The SMILES string of the molecule is C/C(=C\c1csc(C)n1)C(N)CC1O[C@]1(C)CCC[C@H](C)[C@H](O)[C@@H](C)C(=O)C(C)(C)[C@@H](O)CC(=O)[O-].CCCC[N+](CCCC)(CCCC)CCCC. The van der Waals surface area contributed by atoms with Gasteiger partial charge in [0.2, 0.25) is 0 Å². The number of ketones is 1. The van der Waals surface area contributed by atoms with Crippen LogP contribution in [0.25, 0.3) is 6.08 Å². The summed E-state index contributed by atoms with van der Waals surface area (Å²) in [5, 5.41) is 34.8. The summed E-state index contributed by atoms with van der Waals surface area (Å²) < 4.78 is 7.41. The van der Waals surface area contributed by atoms with E-state index in [1.807, 2.05) is 32.2 Å². The highest BCUT2D eigenvalue weighted by molar-refractivity contribution is 7.09. The Balaban J connectivity index is 0.000000695. The van der Waals surface area contributed by atoms with Gasteiger partial charge in [0.05, 0.1) is 60.8 Å². The molecule has 1 fully saturated rings. The summed E-state index contributed by atoms with van der Waals surface area (Å²) in [6, 6.07) is -0.109. The Bertz CT molecular complexity index is 1200. The molecule has 2 unspecified atom stereocenters. The van der Waals surface area contributed by atoms with E-state index in [1.165, 1.54) is 95.9 Å². The molecule has 2 rings (SSSR count). The van der Waals surface area contributed by atoms with Crippen molar-refractivity contribution in [3.63, 3.8) is 0 Å². The zero-order chi connectivity index (χ0) is 40.4. The van der Waals surface area contributed by atoms with Crippen LogP contribution in [0.5, 0.6) is 0 Å². The van der Waals surface area contributed by atoms with Crippen LogP contribution in [-0.4, -0.2) is 87.6 Å². The van der Waals surface area contributed by atoms with E-state index in [-0.39, 0.29) is 29.4 Å². The average Bonchev–Trinajstić information content (AvgIpc) is 3.55. The molecule has 10 heteroatoms. The minimum atomic E-state index is -1.42. The van der Waals surface area contributed by atoms with Crippen molar-refractivity contribution in [1.82, 2.24) is 4.98 Å². The summed E-state index contributed by atoms with van der Waals surface area (Å²) in [7, 11) is 0. The number of carbonyl (C=O) groups excluding carboxylic acids is 2. The van der Waals surface area contributed by atoms with Gasteiger partial charge in [-0.25, -0.2) is 4.98 Å². The highest BCUT2D eigenvalue weighted by Gasteiger charge is 2.51. The van der Waals surface area contributed by atoms with E-state index in [0.29, 0.717) is 6.42 Å². The maximum atomic E-state index is 12.9. The van der Waals surface area contributed by atoms with Crippen molar-refractivity contribution >= 4 is 29.2 Å². The lowest BCUT2D eigenvalue weighted by atomic mass is 9.73. The third-order valence-corrected chi connectivity index (χ3v) is 12.5. The molecule has 0 radical (unpaired) electrons. The number of nitrogens with two attached hydrogens (primary N) is 1. The van der Waals surface area contributed by atoms with E-state index >= 15 is 0 Å². The van der Waals surface area contributed by atoms with E-state index < -0.39 is 35.9 Å². The van der Waals surface area contributed by atoms with Crippen LogP contribution in [0.1, 0.15) is 163 Å². The Labute approximate surface area is 327 Å². The highest BCUT2D eigenvalue weighted by atomic mass is 32.1. The van der Waals surface area contributed by atoms with Crippen LogP contribution in [0.4, 0.5) is 0 Å². The fourth-order valence-corrected chi connectivity index (χ4v) is 7.98. The molecule has 1 aliphatic rings. The summed E-state index contributed by atoms with van der Waals surface area (Å²) in [5.74, 6) is -2.66. The van der Waals surface area contributed by atoms with E-state index in [9.17, 15) is 24.9 Å². The molecule has 0 spiro atoms. The van der Waals surface area contributed by atoms with Crippen LogP contribution in [0.15, 0.2) is 11.0 Å². The summed E-state index contributed by atoms with van der Waals surface area (Å²) >= 11 is 1.61. The molecule has 1 saturated heterocycles. The lowest BCUT2D eigenvalue weighted by molar-refractivity contribution is -0.929. The van der Waals surface area contributed by atoms with Crippen molar-refractivity contribution < 1.29 is 34.1 Å². The lowest BCUT2D eigenvalue weighted by Crippen LogP contribution is -2.50. The summed E-state index contributed by atoms with van der Waals surface area (Å²) in [4.78, 5) is 28.2. The number of carbonyl (C=O) groups is 2. The van der Waals surface area contributed by atoms with E-state index in [0.717, 1.165) is 35.5 Å². The van der Waals surface area contributed by atoms with Crippen molar-refractivity contribution in [2.45, 2.75) is 190 Å². The van der Waals surface area contributed by atoms with Gasteiger partial charge in [-0.15, -0.1) is 11.3 Å². The monoisotopic (exact) mass is 766 g/mol. The molecule has 0 amide bonds. The number of aliphatic hydroxyl groups is 2. The van der Waals surface area contributed by atoms with Gasteiger partial charge in [0.15, 0.2) is 0 Å². The summed E-state index contributed by atoms with van der Waals surface area (Å²) in [5.41, 5.74) is 6.87. The van der Waals surface area contributed by atoms with Gasteiger partial charge >= 0.3 is 0 Å². The zero-order valence-electron chi connectivity index (χ0n) is 35.5. The van der Waals surface area contributed by atoms with Crippen molar-refractivity contribution in [2.75, 3.05) is 26.2 Å². The van der Waals surface area contributed by atoms with Crippen molar-refractivity contribution in [1.29, 1.82) is 0 Å². The number of unbranched alkanes of at least 4 members (excludes halogenated alkanes) is 4. The van der Waals surface area contributed by atoms with Crippen LogP contribution < -0.4 is 10.8 Å². The number of aryl methyl sites for hydroxylation is 1. The number of quaternary nitrogens is 1. The molecule has 0 saturated carbocycles. The number of aliphatic carboxylic acids is 1. The number of rotatable bonds is 27. The van der Waals surface area contributed by atoms with Gasteiger partial charge in [-0.3, -0.25) is 4.79 Å². The molecule has 1 aromatic rings. The first-order valence-corrected chi connectivity index (χ1v) is 21.7. The molecule has 7 atom stereocenters. The second kappa shape index (κ2) is 24.1. The fourth-order valence-electron chi connectivity index (χ4n) is 7.41. The second-order valence-corrected chi connectivity index (χ2v) is 18.0. The van der Waals surface area contributed by atoms with Gasteiger partial charge < -0.3 is 35.1 Å². The fraction of sp³-hybridized carbons (Fsp3) is 0.837. The number of hydrogen-bond acceptors (Lipinski definition) is 9. The standard InChI is InChI=1S/C27H44N2O6S.C16H36N/c1-15(24(33)17(3)25(34)26(5,6)21(30)13-23(31)32)9-8-10-27(7)22(35-27)12-20(28)16(2)11-19-14-36-18(4)29-19;1-5-9-13-17(14-10-6-2,15-11-7-3)16-12-8-4/h11,14-15,17,20-22,24,30,33H,8-10,12-13,28H2,1-7H3,(H,31,32);5-16H2,1-4H3/q;+1/p-1/b16-11+;/t15-,17+,20?,21-,22?,24-,27+;/m0./s1. The first-order valence-electron chi connectivity index (χ1n) is 20.8. The van der Waals surface area contributed by atoms with Crippen molar-refractivity contribution in [3.05, 3.63) is 21.7 Å². The molecule has 1 aliphatic heterocycles. The molecule has 0 aromatic carbocycles. The van der Waals surface area contributed by atoms with Gasteiger partial charge in [0.1, 0.15) is 5.78 Å². The van der Waals surface area contributed by atoms with E-state index in [2.05, 4.69) is 39.6 Å². The first kappa shape index (κ1) is 49.3. The Morgan fingerprint density at radius 2 is 1.53 bits per heavy atom. The van der Waals surface area contributed by atoms with Crippen molar-refractivity contribution in [3.8, 4) is 0 Å². The number of aromatic nitrogens is 1. The van der Waals surface area contributed by atoms with Gasteiger partial charge in [-0.1, -0.05) is 93.1 Å². The molecular weight excluding hydrogens is 687 g/mol. The molecule has 0 aliphatic carbocycles. The normalized spacial score (nSPS) is 20.6. The van der Waals surface area contributed by atoms with Crippen LogP contribution in [0, 0.1) is 24.2 Å². The average molecular weight is 766 g/mol. The minimum Gasteiger partial charge on any atom is -0.550 e. The Kier molecular flexibility index (Phi) is 22.4. The number of hydrogen-bond donors (Lipinski definition) is 3. The number of ether oxygens (including phenoxy) is 1. The van der Waals surface area contributed by atoms with Gasteiger partial charge in [0, 0.05) is 35.1 Å². The summed E-state index contributed by atoms with van der Waals surface area (Å²) in [6.45, 7) is 27.6. The zero-order valence-corrected chi connectivity index (χ0v) is 36.4. The predicted octanol–water partition coefficient (Wildman–Crippen LogP) is 7.63. The molecule has 2 heterocycles. The third-order valence-electron chi connectivity index (χ3n) is 11.7. The second-order valence-electron chi connectivity index (χ2n) is 16.9. The Morgan fingerprint density at radius 3 is 1.96 bits per heavy atom. The quantitative estimate of drug-likeness (QED) is 0.0612. The summed E-state index contributed by atoms with van der Waals surface area (Å²) in [6.07, 6.45) is 13.4. The Morgan fingerprint density at radius 1 is 1.02 bits per heavy atom. The number of nitrogens with zero attached hydrogens (tertiary/aromatic N) is 2. The molecule has 1 aromatic heterocycles. The molecule has 53 heavy (non-hydrogen) atoms. The molecule has 4 N–H and O–H groups in total. The third kappa shape index (κ3) is 16.9. The number of aliphatic hydroxyl groups excluding tert-OH is 2. The topological polar surface area (TPSA) is 149 Å². The molecule has 0 bridgehead atoms. The van der Waals surface area contributed by atoms with E-state index in [4.69, 9.17) is 10.5 Å². The number of thiazole rings is 1.